The van der Waals surface area contributed by atoms with Crippen LogP contribution in [0.25, 0.3) is 0 Å². The zero-order chi connectivity index (χ0) is 14.2. The van der Waals surface area contributed by atoms with Gasteiger partial charge in [0, 0.05) is 0 Å². The maximum Gasteiger partial charge on any atom is -0.0189 e. The van der Waals surface area contributed by atoms with Gasteiger partial charge in [-0.2, -0.15) is 0 Å². The highest BCUT2D eigenvalue weighted by molar-refractivity contribution is 8.32. The van der Waals surface area contributed by atoms with Crippen LogP contribution in [0.3, 0.4) is 0 Å². The molecule has 1 unspecified atom stereocenters. The quantitative estimate of drug-likeness (QED) is 0.516. The smallest absolute Gasteiger partial charge is 0.0189 e. The molecule has 1 atom stereocenters. The summed E-state index contributed by atoms with van der Waals surface area (Å²) >= 11 is 0. The minimum absolute atomic E-state index is 0.414. The monoisotopic (exact) mass is 268 g/mol. The SMILES string of the molecule is C=C(/C=C\C=C/C)C(C)CCS(C)(C)CC(C)C. The third-order valence-electron chi connectivity index (χ3n) is 3.13. The molecule has 18 heavy (non-hydrogen) atoms. The fourth-order valence-corrected chi connectivity index (χ4v) is 5.08. The van der Waals surface area contributed by atoms with Gasteiger partial charge in [0.1, 0.15) is 0 Å². The molecular formula is C17H32S. The average molecular weight is 269 g/mol. The van der Waals surface area contributed by atoms with Gasteiger partial charge < -0.3 is 0 Å². The Kier molecular flexibility index (Phi) is 8.43. The summed E-state index contributed by atoms with van der Waals surface area (Å²) in [6.45, 7) is 13.2. The van der Waals surface area contributed by atoms with Crippen molar-refractivity contribution in [3.63, 3.8) is 0 Å². The van der Waals surface area contributed by atoms with Gasteiger partial charge in [0.15, 0.2) is 0 Å². The van der Waals surface area contributed by atoms with E-state index in [4.69, 9.17) is 0 Å². The van der Waals surface area contributed by atoms with Gasteiger partial charge in [0.25, 0.3) is 0 Å². The molecule has 0 radical (unpaired) electrons. The van der Waals surface area contributed by atoms with Crippen molar-refractivity contribution >= 4 is 10.0 Å². The lowest BCUT2D eigenvalue weighted by Gasteiger charge is -2.34. The van der Waals surface area contributed by atoms with Gasteiger partial charge in [-0.25, -0.2) is 10.0 Å². The van der Waals surface area contributed by atoms with Crippen molar-refractivity contribution in [2.75, 3.05) is 24.0 Å². The van der Waals surface area contributed by atoms with E-state index >= 15 is 0 Å². The Hall–Kier alpha value is -0.430. The Balaban J connectivity index is 4.16. The molecule has 0 bridgehead atoms. The molecule has 0 aliphatic rings. The number of allylic oxidation sites excluding steroid dienone is 5. The first-order valence-corrected chi connectivity index (χ1v) is 9.74. The minimum atomic E-state index is -0.414. The van der Waals surface area contributed by atoms with Crippen LogP contribution in [0.4, 0.5) is 0 Å². The van der Waals surface area contributed by atoms with Gasteiger partial charge in [-0.15, -0.1) is 0 Å². The molecule has 0 heterocycles. The van der Waals surface area contributed by atoms with Crippen LogP contribution in [0.5, 0.6) is 0 Å². The zero-order valence-corrected chi connectivity index (χ0v) is 14.0. The molecule has 0 amide bonds. The number of hydrogen-bond acceptors (Lipinski definition) is 0. The summed E-state index contributed by atoms with van der Waals surface area (Å²) in [5, 5.41) is 0. The molecule has 0 saturated carbocycles. The van der Waals surface area contributed by atoms with Crippen LogP contribution < -0.4 is 0 Å². The maximum absolute atomic E-state index is 4.18. The van der Waals surface area contributed by atoms with Crippen molar-refractivity contribution in [3.05, 3.63) is 36.5 Å². The van der Waals surface area contributed by atoms with Crippen molar-refractivity contribution in [1.82, 2.24) is 0 Å². The third kappa shape index (κ3) is 8.63. The van der Waals surface area contributed by atoms with E-state index in [2.05, 4.69) is 58.1 Å². The van der Waals surface area contributed by atoms with Crippen LogP contribution in [-0.2, 0) is 0 Å². The predicted molar refractivity (Wildman–Crippen MR) is 90.9 cm³/mol. The van der Waals surface area contributed by atoms with Crippen molar-refractivity contribution in [2.24, 2.45) is 11.8 Å². The lowest BCUT2D eigenvalue weighted by Crippen LogP contribution is -2.13. The summed E-state index contributed by atoms with van der Waals surface area (Å²) in [5.41, 5.74) is 1.26. The van der Waals surface area contributed by atoms with E-state index in [1.807, 2.05) is 13.0 Å². The molecule has 0 aromatic carbocycles. The summed E-state index contributed by atoms with van der Waals surface area (Å²) in [4.78, 5) is 0. The molecule has 0 aromatic heterocycles. The summed E-state index contributed by atoms with van der Waals surface area (Å²) < 4.78 is 0. The summed E-state index contributed by atoms with van der Waals surface area (Å²) in [6, 6.07) is 0. The maximum atomic E-state index is 4.18. The van der Waals surface area contributed by atoms with Gasteiger partial charge in [0.05, 0.1) is 0 Å². The molecule has 0 nitrogen and oxygen atoms in total. The highest BCUT2D eigenvalue weighted by Gasteiger charge is 2.15. The molecule has 0 aliphatic heterocycles. The van der Waals surface area contributed by atoms with Gasteiger partial charge >= 0.3 is 0 Å². The molecule has 0 aromatic rings. The van der Waals surface area contributed by atoms with Gasteiger partial charge in [-0.05, 0) is 49.2 Å². The molecule has 0 spiro atoms. The zero-order valence-electron chi connectivity index (χ0n) is 13.2. The fraction of sp³-hybridized carbons (Fsp3) is 0.647. The third-order valence-corrected chi connectivity index (χ3v) is 6.04. The highest BCUT2D eigenvalue weighted by atomic mass is 32.3. The molecule has 0 aliphatic carbocycles. The second kappa shape index (κ2) is 8.63. The number of hydrogen-bond donors (Lipinski definition) is 0. The second-order valence-corrected chi connectivity index (χ2v) is 10.5. The van der Waals surface area contributed by atoms with E-state index in [1.165, 1.54) is 23.5 Å². The van der Waals surface area contributed by atoms with Crippen molar-refractivity contribution in [2.45, 2.75) is 34.1 Å². The Labute approximate surface area is 117 Å². The minimum Gasteiger partial charge on any atom is -0.246 e. The fourth-order valence-electron chi connectivity index (χ4n) is 2.12. The Morgan fingerprint density at radius 1 is 1.17 bits per heavy atom. The standard InChI is InChI=1S/C17H32S/c1-8-9-10-11-16(4)17(5)12-13-18(6,7)14-15(2)3/h8-11,15,17H,4,12-14H2,1-3,5-7H3/b9-8-,11-10-. The summed E-state index contributed by atoms with van der Waals surface area (Å²) in [7, 11) is -0.414. The van der Waals surface area contributed by atoms with Gasteiger partial charge in [0.2, 0.25) is 0 Å². The van der Waals surface area contributed by atoms with Crippen LogP contribution in [0.1, 0.15) is 34.1 Å². The Morgan fingerprint density at radius 2 is 1.78 bits per heavy atom. The lowest BCUT2D eigenvalue weighted by atomic mass is 10.00. The van der Waals surface area contributed by atoms with Gasteiger partial charge in [-0.1, -0.05) is 57.2 Å². The van der Waals surface area contributed by atoms with E-state index < -0.39 is 10.0 Å². The van der Waals surface area contributed by atoms with Crippen molar-refractivity contribution in [3.8, 4) is 0 Å². The van der Waals surface area contributed by atoms with Crippen molar-refractivity contribution in [1.29, 1.82) is 0 Å². The molecule has 106 valence electrons. The predicted octanol–water partition coefficient (Wildman–Crippen LogP) is 5.42. The molecular weight excluding hydrogens is 236 g/mol. The van der Waals surface area contributed by atoms with Crippen LogP contribution in [-0.4, -0.2) is 24.0 Å². The molecule has 1 heteroatoms. The van der Waals surface area contributed by atoms with E-state index in [1.54, 1.807) is 0 Å². The van der Waals surface area contributed by atoms with Crippen LogP contribution >= 0.6 is 10.0 Å². The molecule has 0 N–H and O–H groups in total. The Bertz CT molecular complexity index is 295. The van der Waals surface area contributed by atoms with Crippen LogP contribution in [0.15, 0.2) is 36.5 Å². The van der Waals surface area contributed by atoms with E-state index in [-0.39, 0.29) is 0 Å². The Morgan fingerprint density at radius 3 is 2.28 bits per heavy atom. The highest BCUT2D eigenvalue weighted by Crippen LogP contribution is 2.43. The first-order chi connectivity index (χ1) is 8.28. The second-order valence-electron chi connectivity index (χ2n) is 6.18. The van der Waals surface area contributed by atoms with Crippen LogP contribution in [0.2, 0.25) is 0 Å². The average Bonchev–Trinajstić information content (AvgIpc) is 2.24. The van der Waals surface area contributed by atoms with Gasteiger partial charge in [-0.3, -0.25) is 0 Å². The molecule has 0 fully saturated rings. The molecule has 0 saturated heterocycles. The first kappa shape index (κ1) is 17.6. The van der Waals surface area contributed by atoms with Crippen molar-refractivity contribution < 1.29 is 0 Å². The van der Waals surface area contributed by atoms with E-state index in [9.17, 15) is 0 Å². The summed E-state index contributed by atoms with van der Waals surface area (Å²) in [5.74, 6) is 4.18. The summed E-state index contributed by atoms with van der Waals surface area (Å²) in [6.07, 6.45) is 14.6. The molecule has 0 rings (SSSR count). The topological polar surface area (TPSA) is 0 Å². The largest absolute Gasteiger partial charge is 0.246 e. The van der Waals surface area contributed by atoms with E-state index in [0.29, 0.717) is 5.92 Å². The number of rotatable bonds is 8. The first-order valence-electron chi connectivity index (χ1n) is 6.95. The normalized spacial score (nSPS) is 15.7. The van der Waals surface area contributed by atoms with E-state index in [0.717, 1.165) is 5.92 Å². The lowest BCUT2D eigenvalue weighted by molar-refractivity contribution is 0.674. The van der Waals surface area contributed by atoms with Crippen LogP contribution in [0, 0.1) is 11.8 Å².